The molecule has 0 unspecified atom stereocenters. The summed E-state index contributed by atoms with van der Waals surface area (Å²) in [6, 6.07) is 14.1. The van der Waals surface area contributed by atoms with Gasteiger partial charge in [0.2, 0.25) is 0 Å². The first kappa shape index (κ1) is 20.8. The molecule has 0 heterocycles. The van der Waals surface area contributed by atoms with Gasteiger partial charge in [0.05, 0.1) is 19.8 Å². The lowest BCUT2D eigenvalue weighted by atomic mass is 10.1. The van der Waals surface area contributed by atoms with Crippen molar-refractivity contribution in [2.45, 2.75) is 20.3 Å². The highest BCUT2D eigenvalue weighted by molar-refractivity contribution is 5.51. The van der Waals surface area contributed by atoms with E-state index in [9.17, 15) is 0 Å². The van der Waals surface area contributed by atoms with Crippen molar-refractivity contribution in [3.63, 3.8) is 0 Å². The second-order valence-electron chi connectivity index (χ2n) is 6.13. The Kier molecular flexibility index (Phi) is 9.26. The molecule has 2 aromatic carbocycles. The van der Waals surface area contributed by atoms with Crippen molar-refractivity contribution in [2.75, 3.05) is 45.4 Å². The van der Waals surface area contributed by atoms with Crippen LogP contribution < -0.4 is 10.1 Å². The molecule has 0 aliphatic rings. The summed E-state index contributed by atoms with van der Waals surface area (Å²) in [5, 5.41) is 3.10. The van der Waals surface area contributed by atoms with Gasteiger partial charge in [0.25, 0.3) is 0 Å². The molecule has 0 spiro atoms. The zero-order valence-electron chi connectivity index (χ0n) is 16.5. The van der Waals surface area contributed by atoms with E-state index < -0.39 is 0 Å². The molecule has 0 atom stereocenters. The highest BCUT2D eigenvalue weighted by Crippen LogP contribution is 2.18. The third-order valence-electron chi connectivity index (χ3n) is 3.91. The van der Waals surface area contributed by atoms with Crippen LogP contribution in [0.1, 0.15) is 30.0 Å². The predicted molar refractivity (Wildman–Crippen MR) is 111 cm³/mol. The number of ether oxygens (including phenoxy) is 3. The number of benzene rings is 2. The van der Waals surface area contributed by atoms with E-state index in [0.717, 1.165) is 41.2 Å². The molecule has 144 valence electrons. The SMILES string of the molecule is CCCOCCOCCOc1ccc(C#Cc2ccc(NC)cc2)cc1C. The van der Waals surface area contributed by atoms with Crippen LogP contribution in [0.3, 0.4) is 0 Å². The molecule has 0 fully saturated rings. The number of nitrogens with one attached hydrogen (secondary N) is 1. The molecule has 4 heteroatoms. The molecule has 0 radical (unpaired) electrons. The van der Waals surface area contributed by atoms with Crippen LogP contribution in [0.4, 0.5) is 5.69 Å². The highest BCUT2D eigenvalue weighted by atomic mass is 16.5. The largest absolute Gasteiger partial charge is 0.491 e. The van der Waals surface area contributed by atoms with E-state index in [-0.39, 0.29) is 0 Å². The molecular weight excluding hydrogens is 338 g/mol. The number of hydrogen-bond donors (Lipinski definition) is 1. The van der Waals surface area contributed by atoms with Gasteiger partial charge in [-0.3, -0.25) is 0 Å². The van der Waals surface area contributed by atoms with Gasteiger partial charge in [-0.05, 0) is 61.4 Å². The first-order valence-electron chi connectivity index (χ1n) is 9.41. The summed E-state index contributed by atoms with van der Waals surface area (Å²) in [6.45, 7) is 7.23. The molecule has 27 heavy (non-hydrogen) atoms. The van der Waals surface area contributed by atoms with Gasteiger partial charge >= 0.3 is 0 Å². The molecule has 0 aliphatic carbocycles. The maximum atomic E-state index is 5.79. The fourth-order valence-corrected chi connectivity index (χ4v) is 2.43. The summed E-state index contributed by atoms with van der Waals surface area (Å²) in [6.07, 6.45) is 1.03. The summed E-state index contributed by atoms with van der Waals surface area (Å²) in [7, 11) is 1.90. The first-order chi connectivity index (χ1) is 13.2. The average molecular weight is 367 g/mol. The lowest BCUT2D eigenvalue weighted by Crippen LogP contribution is -2.11. The normalized spacial score (nSPS) is 10.2. The van der Waals surface area contributed by atoms with E-state index in [4.69, 9.17) is 14.2 Å². The van der Waals surface area contributed by atoms with Crippen molar-refractivity contribution < 1.29 is 14.2 Å². The van der Waals surface area contributed by atoms with Gasteiger partial charge < -0.3 is 19.5 Å². The van der Waals surface area contributed by atoms with E-state index in [0.29, 0.717) is 26.4 Å². The molecular formula is C23H29NO3. The Morgan fingerprint density at radius 2 is 1.44 bits per heavy atom. The molecule has 0 saturated carbocycles. The van der Waals surface area contributed by atoms with Gasteiger partial charge in [0.1, 0.15) is 12.4 Å². The highest BCUT2D eigenvalue weighted by Gasteiger charge is 2.00. The van der Waals surface area contributed by atoms with Crippen molar-refractivity contribution in [1.82, 2.24) is 0 Å². The fraction of sp³-hybridized carbons (Fsp3) is 0.391. The van der Waals surface area contributed by atoms with E-state index in [2.05, 4.69) is 24.1 Å². The second kappa shape index (κ2) is 12.0. The standard InChI is InChI=1S/C23H29NO3/c1-4-13-25-14-15-26-16-17-27-23-12-9-21(18-19(23)2)6-5-20-7-10-22(24-3)11-8-20/h7-12,18,24H,4,13-17H2,1-3H3. The maximum absolute atomic E-state index is 5.79. The van der Waals surface area contributed by atoms with Crippen molar-refractivity contribution in [3.05, 3.63) is 59.2 Å². The second-order valence-corrected chi connectivity index (χ2v) is 6.13. The van der Waals surface area contributed by atoms with E-state index in [1.807, 2.05) is 56.4 Å². The Labute approximate surface area is 162 Å². The van der Waals surface area contributed by atoms with Gasteiger partial charge in [-0.2, -0.15) is 0 Å². The number of aryl methyl sites for hydroxylation is 1. The molecule has 0 amide bonds. The van der Waals surface area contributed by atoms with Crippen molar-refractivity contribution >= 4 is 5.69 Å². The minimum absolute atomic E-state index is 0.525. The monoisotopic (exact) mass is 367 g/mol. The topological polar surface area (TPSA) is 39.7 Å². The Hall–Kier alpha value is -2.48. The molecule has 0 aliphatic heterocycles. The third-order valence-corrected chi connectivity index (χ3v) is 3.91. The van der Waals surface area contributed by atoms with Gasteiger partial charge in [0.15, 0.2) is 0 Å². The zero-order chi connectivity index (χ0) is 19.3. The van der Waals surface area contributed by atoms with Crippen LogP contribution in [0.15, 0.2) is 42.5 Å². The summed E-state index contributed by atoms with van der Waals surface area (Å²) < 4.78 is 16.6. The summed E-state index contributed by atoms with van der Waals surface area (Å²) in [5.74, 6) is 7.26. The van der Waals surface area contributed by atoms with Gasteiger partial charge in [0, 0.05) is 30.5 Å². The lowest BCUT2D eigenvalue weighted by Gasteiger charge is -2.10. The fourth-order valence-electron chi connectivity index (χ4n) is 2.43. The van der Waals surface area contributed by atoms with Crippen molar-refractivity contribution in [2.24, 2.45) is 0 Å². The Bertz CT molecular complexity index is 744. The number of anilines is 1. The molecule has 0 saturated heterocycles. The van der Waals surface area contributed by atoms with Crippen molar-refractivity contribution in [1.29, 1.82) is 0 Å². The van der Waals surface area contributed by atoms with E-state index >= 15 is 0 Å². The smallest absolute Gasteiger partial charge is 0.122 e. The Balaban J connectivity index is 1.78. The van der Waals surface area contributed by atoms with Crippen LogP contribution in [0.5, 0.6) is 5.75 Å². The number of rotatable bonds is 10. The molecule has 2 rings (SSSR count). The van der Waals surface area contributed by atoms with Crippen LogP contribution in [-0.2, 0) is 9.47 Å². The Morgan fingerprint density at radius 3 is 2.11 bits per heavy atom. The molecule has 0 aromatic heterocycles. The first-order valence-corrected chi connectivity index (χ1v) is 9.41. The van der Waals surface area contributed by atoms with Gasteiger partial charge in [-0.1, -0.05) is 18.8 Å². The van der Waals surface area contributed by atoms with E-state index in [1.54, 1.807) is 0 Å². The summed E-state index contributed by atoms with van der Waals surface area (Å²) >= 11 is 0. The van der Waals surface area contributed by atoms with Crippen LogP contribution in [0.2, 0.25) is 0 Å². The molecule has 1 N–H and O–H groups in total. The third kappa shape index (κ3) is 7.74. The average Bonchev–Trinajstić information content (AvgIpc) is 2.70. The van der Waals surface area contributed by atoms with Crippen LogP contribution in [-0.4, -0.2) is 40.1 Å². The van der Waals surface area contributed by atoms with Crippen LogP contribution in [0.25, 0.3) is 0 Å². The molecule has 4 nitrogen and oxygen atoms in total. The number of hydrogen-bond acceptors (Lipinski definition) is 4. The van der Waals surface area contributed by atoms with Crippen molar-refractivity contribution in [3.8, 4) is 17.6 Å². The quantitative estimate of drug-likeness (QED) is 0.503. The predicted octanol–water partition coefficient (Wildman–Crippen LogP) is 4.26. The van der Waals surface area contributed by atoms with Gasteiger partial charge in [-0.25, -0.2) is 0 Å². The minimum Gasteiger partial charge on any atom is -0.491 e. The maximum Gasteiger partial charge on any atom is 0.122 e. The van der Waals surface area contributed by atoms with Gasteiger partial charge in [-0.15, -0.1) is 0 Å². The van der Waals surface area contributed by atoms with E-state index in [1.165, 1.54) is 0 Å². The van der Waals surface area contributed by atoms with Crippen LogP contribution >= 0.6 is 0 Å². The van der Waals surface area contributed by atoms with Crippen LogP contribution in [0, 0.1) is 18.8 Å². The Morgan fingerprint density at radius 1 is 0.815 bits per heavy atom. The summed E-state index contributed by atoms with van der Waals surface area (Å²) in [4.78, 5) is 0. The molecule has 2 aromatic rings. The minimum atomic E-state index is 0.525. The lowest BCUT2D eigenvalue weighted by molar-refractivity contribution is 0.0365. The summed E-state index contributed by atoms with van der Waals surface area (Å²) in [5.41, 5.74) is 4.11. The molecule has 0 bridgehead atoms. The zero-order valence-corrected chi connectivity index (χ0v) is 16.5.